The summed E-state index contributed by atoms with van der Waals surface area (Å²) in [6.45, 7) is 5.14. The monoisotopic (exact) mass is 325 g/mol. The Hall–Kier alpha value is -1.07. The molecule has 0 aromatic heterocycles. The minimum absolute atomic E-state index is 0.0476. The molecule has 4 nitrogen and oxygen atoms in total. The van der Waals surface area contributed by atoms with Crippen molar-refractivity contribution in [1.82, 2.24) is 9.80 Å². The first-order chi connectivity index (χ1) is 8.78. The molecule has 0 aliphatic carbocycles. The molecule has 2 rings (SSSR count). The number of amides is 2. The van der Waals surface area contributed by atoms with Crippen LogP contribution in [0, 0.1) is 0 Å². The van der Waals surface area contributed by atoms with Crippen LogP contribution in [0.25, 0.3) is 0 Å². The smallest absolute Gasteiger partial charge is 0.320 e. The largest absolute Gasteiger partial charge is 0.324 e. The minimum Gasteiger partial charge on any atom is -0.324 e. The van der Waals surface area contributed by atoms with E-state index in [0.29, 0.717) is 13.1 Å². The van der Waals surface area contributed by atoms with Crippen LogP contribution in [0.3, 0.4) is 0 Å². The summed E-state index contributed by atoms with van der Waals surface area (Å²) >= 11 is 3.43. The molecule has 1 aromatic carbocycles. The lowest BCUT2D eigenvalue weighted by Gasteiger charge is -2.25. The molecule has 0 saturated carbocycles. The van der Waals surface area contributed by atoms with E-state index in [2.05, 4.69) is 28.1 Å². The molecule has 0 bridgehead atoms. The van der Waals surface area contributed by atoms with Crippen molar-refractivity contribution in [2.75, 3.05) is 20.1 Å². The van der Waals surface area contributed by atoms with Crippen LogP contribution >= 0.6 is 15.9 Å². The van der Waals surface area contributed by atoms with E-state index in [1.807, 2.05) is 37.9 Å². The quantitative estimate of drug-likeness (QED) is 0.928. The summed E-state index contributed by atoms with van der Waals surface area (Å²) in [6, 6.07) is 8.26. The fourth-order valence-electron chi connectivity index (χ4n) is 2.40. The summed E-state index contributed by atoms with van der Waals surface area (Å²) in [4.78, 5) is 15.8. The summed E-state index contributed by atoms with van der Waals surface area (Å²) in [5.41, 5.74) is 6.79. The average molecular weight is 326 g/mol. The normalized spacial score (nSPS) is 20.3. The summed E-state index contributed by atoms with van der Waals surface area (Å²) in [5, 5.41) is 0. The zero-order valence-corrected chi connectivity index (χ0v) is 13.1. The molecule has 1 fully saturated rings. The number of hydrogen-bond donors (Lipinski definition) is 1. The van der Waals surface area contributed by atoms with E-state index in [9.17, 15) is 4.79 Å². The molecule has 1 aliphatic rings. The van der Waals surface area contributed by atoms with Gasteiger partial charge >= 0.3 is 6.03 Å². The van der Waals surface area contributed by atoms with Gasteiger partial charge in [-0.1, -0.05) is 28.1 Å². The van der Waals surface area contributed by atoms with E-state index in [-0.39, 0.29) is 17.6 Å². The third-order valence-corrected chi connectivity index (χ3v) is 3.81. The second-order valence-electron chi connectivity index (χ2n) is 5.83. The second kappa shape index (κ2) is 5.13. The minimum atomic E-state index is -0.370. The molecular weight excluding hydrogens is 306 g/mol. The van der Waals surface area contributed by atoms with Crippen LogP contribution in [0.5, 0.6) is 0 Å². The first-order valence-electron chi connectivity index (χ1n) is 6.34. The number of nitrogens with zero attached hydrogens (tertiary/aromatic N) is 2. The van der Waals surface area contributed by atoms with Gasteiger partial charge in [0.05, 0.1) is 6.04 Å². The molecule has 1 heterocycles. The Morgan fingerprint density at radius 1 is 1.37 bits per heavy atom. The molecule has 1 aromatic rings. The topological polar surface area (TPSA) is 49.6 Å². The lowest BCUT2D eigenvalue weighted by molar-refractivity contribution is 0.188. The number of nitrogens with two attached hydrogens (primary N) is 1. The highest BCUT2D eigenvalue weighted by molar-refractivity contribution is 9.10. The molecule has 1 saturated heterocycles. The van der Waals surface area contributed by atoms with Crippen LogP contribution in [-0.4, -0.2) is 41.5 Å². The van der Waals surface area contributed by atoms with Crippen molar-refractivity contribution in [3.63, 3.8) is 0 Å². The number of hydrogen-bond acceptors (Lipinski definition) is 2. The maximum atomic E-state index is 12.2. The summed E-state index contributed by atoms with van der Waals surface area (Å²) < 4.78 is 1.04. The highest BCUT2D eigenvalue weighted by atomic mass is 79.9. The van der Waals surface area contributed by atoms with Crippen molar-refractivity contribution < 1.29 is 4.79 Å². The third-order valence-electron chi connectivity index (χ3n) is 3.29. The van der Waals surface area contributed by atoms with Crippen molar-refractivity contribution in [2.24, 2.45) is 5.73 Å². The predicted octanol–water partition coefficient (Wildman–Crippen LogP) is 2.59. The number of halogens is 1. The van der Waals surface area contributed by atoms with Gasteiger partial charge < -0.3 is 15.5 Å². The standard InChI is InChI=1S/C14H20BrN3O/c1-14(2,16)9-18-8-12(17(3)13(18)19)10-4-6-11(15)7-5-10/h4-7,12H,8-9,16H2,1-3H3. The molecule has 2 amide bonds. The van der Waals surface area contributed by atoms with Gasteiger partial charge in [0.2, 0.25) is 0 Å². The lowest BCUT2D eigenvalue weighted by atomic mass is 10.1. The van der Waals surface area contributed by atoms with Crippen LogP contribution in [-0.2, 0) is 0 Å². The SMILES string of the molecule is CN1C(=O)N(CC(C)(C)N)CC1c1ccc(Br)cc1. The van der Waals surface area contributed by atoms with Gasteiger partial charge in [-0.05, 0) is 31.5 Å². The summed E-state index contributed by atoms with van der Waals surface area (Å²) in [7, 11) is 1.85. The highest BCUT2D eigenvalue weighted by Crippen LogP contribution is 2.29. The fourth-order valence-corrected chi connectivity index (χ4v) is 2.67. The van der Waals surface area contributed by atoms with Crippen LogP contribution in [0.4, 0.5) is 4.79 Å². The maximum Gasteiger partial charge on any atom is 0.320 e. The van der Waals surface area contributed by atoms with E-state index in [4.69, 9.17) is 5.73 Å². The molecular formula is C14H20BrN3O. The Bertz CT molecular complexity index is 467. The zero-order chi connectivity index (χ0) is 14.2. The van der Waals surface area contributed by atoms with Crippen molar-refractivity contribution in [3.8, 4) is 0 Å². The first-order valence-corrected chi connectivity index (χ1v) is 7.13. The highest BCUT2D eigenvalue weighted by Gasteiger charge is 2.37. The van der Waals surface area contributed by atoms with Gasteiger partial charge in [0.25, 0.3) is 0 Å². The van der Waals surface area contributed by atoms with E-state index in [0.717, 1.165) is 10.0 Å². The Morgan fingerprint density at radius 2 is 1.95 bits per heavy atom. The van der Waals surface area contributed by atoms with Gasteiger partial charge in [-0.25, -0.2) is 4.79 Å². The van der Waals surface area contributed by atoms with Crippen molar-refractivity contribution in [1.29, 1.82) is 0 Å². The number of carbonyl (C=O) groups is 1. The second-order valence-corrected chi connectivity index (χ2v) is 6.75. The Morgan fingerprint density at radius 3 is 2.47 bits per heavy atom. The van der Waals surface area contributed by atoms with Gasteiger partial charge in [0.1, 0.15) is 0 Å². The number of rotatable bonds is 3. The van der Waals surface area contributed by atoms with Gasteiger partial charge in [0, 0.05) is 30.1 Å². The van der Waals surface area contributed by atoms with Crippen molar-refractivity contribution in [2.45, 2.75) is 25.4 Å². The van der Waals surface area contributed by atoms with E-state index in [1.165, 1.54) is 0 Å². The fraction of sp³-hybridized carbons (Fsp3) is 0.500. The predicted molar refractivity (Wildman–Crippen MR) is 79.9 cm³/mol. The molecule has 1 atom stereocenters. The van der Waals surface area contributed by atoms with Gasteiger partial charge in [-0.15, -0.1) is 0 Å². The van der Waals surface area contributed by atoms with E-state index in [1.54, 1.807) is 4.90 Å². The van der Waals surface area contributed by atoms with Gasteiger partial charge in [0.15, 0.2) is 0 Å². The van der Waals surface area contributed by atoms with Gasteiger partial charge in [-0.3, -0.25) is 0 Å². The lowest BCUT2D eigenvalue weighted by Crippen LogP contribution is -2.46. The Balaban J connectivity index is 2.16. The number of urea groups is 1. The molecule has 5 heteroatoms. The van der Waals surface area contributed by atoms with E-state index >= 15 is 0 Å². The van der Waals surface area contributed by atoms with Crippen molar-refractivity contribution in [3.05, 3.63) is 34.3 Å². The van der Waals surface area contributed by atoms with Crippen LogP contribution in [0.2, 0.25) is 0 Å². The van der Waals surface area contributed by atoms with Crippen LogP contribution in [0.15, 0.2) is 28.7 Å². The molecule has 104 valence electrons. The summed E-state index contributed by atoms with van der Waals surface area (Å²) in [5.74, 6) is 0. The van der Waals surface area contributed by atoms with Gasteiger partial charge in [-0.2, -0.15) is 0 Å². The Kier molecular flexibility index (Phi) is 3.87. The number of carbonyl (C=O) groups excluding carboxylic acids is 1. The molecule has 19 heavy (non-hydrogen) atoms. The Labute approximate surface area is 122 Å². The molecule has 1 unspecified atom stereocenters. The number of benzene rings is 1. The van der Waals surface area contributed by atoms with Crippen LogP contribution < -0.4 is 5.73 Å². The molecule has 0 spiro atoms. The first kappa shape index (κ1) is 14.3. The molecule has 2 N–H and O–H groups in total. The summed E-state index contributed by atoms with van der Waals surface area (Å²) in [6.07, 6.45) is 0. The van der Waals surface area contributed by atoms with E-state index < -0.39 is 0 Å². The molecule has 1 aliphatic heterocycles. The average Bonchev–Trinajstić information content (AvgIpc) is 2.57. The maximum absolute atomic E-state index is 12.2. The van der Waals surface area contributed by atoms with Crippen LogP contribution in [0.1, 0.15) is 25.5 Å². The zero-order valence-electron chi connectivity index (χ0n) is 11.6. The molecule has 0 radical (unpaired) electrons. The third kappa shape index (κ3) is 3.28. The number of likely N-dealkylation sites (N-methyl/N-ethyl adjacent to an activating group) is 1. The van der Waals surface area contributed by atoms with Crippen molar-refractivity contribution >= 4 is 22.0 Å².